The highest BCUT2D eigenvalue weighted by Gasteiger charge is 2.13. The van der Waals surface area contributed by atoms with E-state index in [0.717, 1.165) is 8.04 Å². The highest BCUT2D eigenvalue weighted by Crippen LogP contribution is 2.23. The second-order valence-electron chi connectivity index (χ2n) is 6.76. The second kappa shape index (κ2) is 12.3. The van der Waals surface area contributed by atoms with Crippen LogP contribution in [-0.2, 0) is 4.79 Å². The lowest BCUT2D eigenvalue weighted by atomic mass is 10.2. The van der Waals surface area contributed by atoms with E-state index < -0.39 is 11.9 Å². The van der Waals surface area contributed by atoms with E-state index in [1.54, 1.807) is 60.7 Å². The van der Waals surface area contributed by atoms with Crippen LogP contribution in [0.4, 0.5) is 0 Å². The van der Waals surface area contributed by atoms with Crippen molar-refractivity contribution in [1.29, 1.82) is 0 Å². The van der Waals surface area contributed by atoms with Gasteiger partial charge < -0.3 is 14.8 Å². The van der Waals surface area contributed by atoms with Crippen molar-refractivity contribution in [2.45, 2.75) is 0 Å². The molecule has 0 aromatic heterocycles. The Morgan fingerprint density at radius 2 is 1.79 bits per heavy atom. The predicted octanol–water partition coefficient (Wildman–Crippen LogP) is 4.16. The summed E-state index contributed by atoms with van der Waals surface area (Å²) in [5.74, 6) is -0.541. The summed E-state index contributed by atoms with van der Waals surface area (Å²) in [5, 5.41) is 6.45. The quantitative estimate of drug-likeness (QED) is 0.127. The molecule has 0 radical (unpaired) electrons. The van der Waals surface area contributed by atoms with Crippen LogP contribution in [0.15, 0.2) is 76.3 Å². The number of carbonyl (C=O) groups is 3. The van der Waals surface area contributed by atoms with Crippen LogP contribution in [0.3, 0.4) is 0 Å². The Hall–Kier alpha value is -3.25. The van der Waals surface area contributed by atoms with Crippen LogP contribution in [0, 0.1) is 3.57 Å². The van der Waals surface area contributed by atoms with E-state index in [2.05, 4.69) is 54.4 Å². The minimum atomic E-state index is -0.554. The zero-order valence-electron chi connectivity index (χ0n) is 17.9. The summed E-state index contributed by atoms with van der Waals surface area (Å²) in [7, 11) is 1.54. The molecule has 0 saturated carbocycles. The van der Waals surface area contributed by atoms with Gasteiger partial charge >= 0.3 is 5.97 Å². The SMILES string of the molecule is COc1ccc(C(=O)Oc2ccc(Br)cc2C=NNC(=O)CNC(=O)c2ccccc2I)cc1. The van der Waals surface area contributed by atoms with Crippen LogP contribution < -0.4 is 20.2 Å². The van der Waals surface area contributed by atoms with Gasteiger partial charge in [0.2, 0.25) is 0 Å². The maximum absolute atomic E-state index is 12.5. The lowest BCUT2D eigenvalue weighted by molar-refractivity contribution is -0.120. The monoisotopic (exact) mass is 635 g/mol. The van der Waals surface area contributed by atoms with Gasteiger partial charge in [0.25, 0.3) is 11.8 Å². The zero-order chi connectivity index (χ0) is 24.5. The number of carbonyl (C=O) groups excluding carboxylic acids is 3. The average Bonchev–Trinajstić information content (AvgIpc) is 2.84. The van der Waals surface area contributed by atoms with Gasteiger partial charge in [-0.15, -0.1) is 0 Å². The standard InChI is InChI=1S/C24H19BrIN3O5/c1-33-18-9-6-15(7-10-18)24(32)34-21-11-8-17(25)12-16(21)13-28-29-22(30)14-27-23(31)19-4-2-3-5-20(19)26/h2-13H,14H2,1H3,(H,27,31)(H,29,30). The summed E-state index contributed by atoms with van der Waals surface area (Å²) in [6, 6.07) is 18.6. The second-order valence-corrected chi connectivity index (χ2v) is 8.83. The number of nitrogens with zero attached hydrogens (tertiary/aromatic N) is 1. The van der Waals surface area contributed by atoms with E-state index in [-0.39, 0.29) is 18.2 Å². The van der Waals surface area contributed by atoms with Gasteiger partial charge in [0, 0.05) is 13.6 Å². The molecule has 3 rings (SSSR count). The largest absolute Gasteiger partial charge is 0.497 e. The number of esters is 1. The number of hydrogen-bond donors (Lipinski definition) is 2. The summed E-state index contributed by atoms with van der Waals surface area (Å²) in [4.78, 5) is 36.8. The van der Waals surface area contributed by atoms with Crippen LogP contribution in [-0.4, -0.2) is 37.7 Å². The highest BCUT2D eigenvalue weighted by molar-refractivity contribution is 14.1. The molecular weight excluding hydrogens is 617 g/mol. The van der Waals surface area contributed by atoms with E-state index >= 15 is 0 Å². The summed E-state index contributed by atoms with van der Waals surface area (Å²) in [5.41, 5.74) is 3.63. The van der Waals surface area contributed by atoms with Gasteiger partial charge in [0.15, 0.2) is 0 Å². The van der Waals surface area contributed by atoms with E-state index in [4.69, 9.17) is 9.47 Å². The molecule has 0 aliphatic heterocycles. The lowest BCUT2D eigenvalue weighted by Gasteiger charge is -2.09. The molecule has 0 heterocycles. The Morgan fingerprint density at radius 3 is 2.50 bits per heavy atom. The topological polar surface area (TPSA) is 106 Å². The smallest absolute Gasteiger partial charge is 0.343 e. The number of nitrogens with one attached hydrogen (secondary N) is 2. The van der Waals surface area contributed by atoms with Gasteiger partial charge in [-0.05, 0) is 77.2 Å². The number of hydrazone groups is 1. The number of halogens is 2. The molecule has 0 atom stereocenters. The maximum Gasteiger partial charge on any atom is 0.343 e. The Bertz CT molecular complexity index is 1230. The summed E-state index contributed by atoms with van der Waals surface area (Å²) in [6.45, 7) is -0.251. The molecule has 0 bridgehead atoms. The molecule has 0 spiro atoms. The lowest BCUT2D eigenvalue weighted by Crippen LogP contribution is -2.35. The van der Waals surface area contributed by atoms with Crippen LogP contribution >= 0.6 is 38.5 Å². The molecule has 34 heavy (non-hydrogen) atoms. The third-order valence-electron chi connectivity index (χ3n) is 4.42. The highest BCUT2D eigenvalue weighted by atomic mass is 127. The molecule has 10 heteroatoms. The molecule has 3 aromatic carbocycles. The molecule has 0 fully saturated rings. The third kappa shape index (κ3) is 7.12. The summed E-state index contributed by atoms with van der Waals surface area (Å²) >= 11 is 5.41. The van der Waals surface area contributed by atoms with Crippen molar-refractivity contribution in [2.75, 3.05) is 13.7 Å². The first-order valence-corrected chi connectivity index (χ1v) is 11.7. The molecule has 2 amide bonds. The molecule has 174 valence electrons. The minimum Gasteiger partial charge on any atom is -0.497 e. The van der Waals surface area contributed by atoms with E-state index in [1.165, 1.54) is 13.3 Å². The first-order chi connectivity index (χ1) is 16.4. The van der Waals surface area contributed by atoms with Crippen molar-refractivity contribution in [3.63, 3.8) is 0 Å². The van der Waals surface area contributed by atoms with Crippen molar-refractivity contribution in [3.8, 4) is 11.5 Å². The van der Waals surface area contributed by atoms with Crippen molar-refractivity contribution in [2.24, 2.45) is 5.10 Å². The molecular formula is C24H19BrIN3O5. The molecule has 0 saturated heterocycles. The molecule has 0 unspecified atom stereocenters. The van der Waals surface area contributed by atoms with Gasteiger partial charge in [0.1, 0.15) is 11.5 Å². The van der Waals surface area contributed by atoms with Crippen LogP contribution in [0.25, 0.3) is 0 Å². The third-order valence-corrected chi connectivity index (χ3v) is 5.86. The molecule has 0 aliphatic rings. The van der Waals surface area contributed by atoms with Gasteiger partial charge in [-0.2, -0.15) is 5.10 Å². The molecule has 2 N–H and O–H groups in total. The Kier molecular flexibility index (Phi) is 9.16. The van der Waals surface area contributed by atoms with Gasteiger partial charge in [0.05, 0.1) is 31.0 Å². The number of ether oxygens (including phenoxy) is 2. The van der Waals surface area contributed by atoms with E-state index in [1.807, 2.05) is 6.07 Å². The number of methoxy groups -OCH3 is 1. The Balaban J connectivity index is 1.60. The van der Waals surface area contributed by atoms with Crippen LogP contribution in [0.2, 0.25) is 0 Å². The fraction of sp³-hybridized carbons (Fsp3) is 0.0833. The van der Waals surface area contributed by atoms with Gasteiger partial charge in [-0.25, -0.2) is 10.2 Å². The first-order valence-electron chi connectivity index (χ1n) is 9.88. The Morgan fingerprint density at radius 1 is 1.06 bits per heavy atom. The molecule has 3 aromatic rings. The molecule has 0 aliphatic carbocycles. The minimum absolute atomic E-state index is 0.251. The number of rotatable bonds is 8. The van der Waals surface area contributed by atoms with Crippen molar-refractivity contribution in [3.05, 3.63) is 91.5 Å². The van der Waals surface area contributed by atoms with Crippen LogP contribution in [0.1, 0.15) is 26.3 Å². The Labute approximate surface area is 218 Å². The molecule has 8 nitrogen and oxygen atoms in total. The van der Waals surface area contributed by atoms with Crippen LogP contribution in [0.5, 0.6) is 11.5 Å². The summed E-state index contributed by atoms with van der Waals surface area (Å²) < 4.78 is 12.1. The van der Waals surface area contributed by atoms with Gasteiger partial charge in [-0.3, -0.25) is 9.59 Å². The summed E-state index contributed by atoms with van der Waals surface area (Å²) in [6.07, 6.45) is 1.35. The van der Waals surface area contributed by atoms with E-state index in [9.17, 15) is 14.4 Å². The van der Waals surface area contributed by atoms with Crippen molar-refractivity contribution < 1.29 is 23.9 Å². The van der Waals surface area contributed by atoms with Gasteiger partial charge in [-0.1, -0.05) is 28.1 Å². The van der Waals surface area contributed by atoms with Crippen molar-refractivity contribution >= 4 is 62.5 Å². The fourth-order valence-electron chi connectivity index (χ4n) is 2.71. The van der Waals surface area contributed by atoms with Crippen molar-refractivity contribution in [1.82, 2.24) is 10.7 Å². The maximum atomic E-state index is 12.5. The average molecular weight is 636 g/mol. The fourth-order valence-corrected chi connectivity index (χ4v) is 3.72. The van der Waals surface area contributed by atoms with E-state index in [0.29, 0.717) is 22.4 Å². The number of amides is 2. The normalized spacial score (nSPS) is 10.6. The number of benzene rings is 3. The zero-order valence-corrected chi connectivity index (χ0v) is 21.6. The number of hydrogen-bond acceptors (Lipinski definition) is 6. The first kappa shape index (κ1) is 25.4. The predicted molar refractivity (Wildman–Crippen MR) is 139 cm³/mol.